The standard InChI is InChI=1S/C27H53ClO2/c1-3-5-7-8-9-10-11-12-13-14-15-16-17-18-19-20-21-22-23-25-27(29)30-26(28)24-6-4-2/h26H,3-25H2,1-2H3. The Balaban J connectivity index is 3.15. The van der Waals surface area contributed by atoms with Gasteiger partial charge < -0.3 is 4.74 Å². The van der Waals surface area contributed by atoms with E-state index in [0.29, 0.717) is 6.42 Å². The fourth-order valence-corrected chi connectivity index (χ4v) is 4.23. The predicted octanol–water partition coefficient (Wildman–Crippen LogP) is 10.1. The molecule has 0 saturated carbocycles. The fraction of sp³-hybridized carbons (Fsp3) is 0.963. The van der Waals surface area contributed by atoms with Crippen molar-refractivity contribution in [3.63, 3.8) is 0 Å². The predicted molar refractivity (Wildman–Crippen MR) is 133 cm³/mol. The summed E-state index contributed by atoms with van der Waals surface area (Å²) in [4.78, 5) is 11.7. The highest BCUT2D eigenvalue weighted by Gasteiger charge is 2.10. The molecule has 0 aliphatic rings. The number of hydrogen-bond donors (Lipinski definition) is 0. The molecule has 0 aliphatic heterocycles. The van der Waals surface area contributed by atoms with Crippen molar-refractivity contribution in [2.24, 2.45) is 0 Å². The summed E-state index contributed by atoms with van der Waals surface area (Å²) in [5.74, 6) is -0.127. The van der Waals surface area contributed by atoms with Crippen molar-refractivity contribution < 1.29 is 9.53 Å². The second kappa shape index (κ2) is 25.0. The Kier molecular flexibility index (Phi) is 24.8. The van der Waals surface area contributed by atoms with E-state index in [4.69, 9.17) is 16.3 Å². The van der Waals surface area contributed by atoms with Gasteiger partial charge in [-0.2, -0.15) is 0 Å². The van der Waals surface area contributed by atoms with Crippen LogP contribution < -0.4 is 0 Å². The Morgan fingerprint density at radius 3 is 1.27 bits per heavy atom. The van der Waals surface area contributed by atoms with Crippen LogP contribution in [-0.2, 0) is 9.53 Å². The van der Waals surface area contributed by atoms with Gasteiger partial charge in [-0.25, -0.2) is 0 Å². The van der Waals surface area contributed by atoms with Gasteiger partial charge in [-0.3, -0.25) is 4.79 Å². The normalized spacial score (nSPS) is 12.2. The van der Waals surface area contributed by atoms with Crippen molar-refractivity contribution >= 4 is 17.6 Å². The van der Waals surface area contributed by atoms with Crippen LogP contribution in [0.3, 0.4) is 0 Å². The van der Waals surface area contributed by atoms with E-state index < -0.39 is 5.56 Å². The third-order valence-electron chi connectivity index (χ3n) is 6.03. The molecular formula is C27H53ClO2. The Morgan fingerprint density at radius 2 is 0.900 bits per heavy atom. The molecule has 0 rings (SSSR count). The first kappa shape index (κ1) is 29.8. The van der Waals surface area contributed by atoms with E-state index in [1.807, 2.05) is 0 Å². The summed E-state index contributed by atoms with van der Waals surface area (Å²) in [5.41, 5.74) is -0.433. The Bertz CT molecular complexity index is 346. The summed E-state index contributed by atoms with van der Waals surface area (Å²) >= 11 is 6.00. The average molecular weight is 445 g/mol. The minimum Gasteiger partial charge on any atom is -0.446 e. The van der Waals surface area contributed by atoms with Gasteiger partial charge in [-0.15, -0.1) is 0 Å². The van der Waals surface area contributed by atoms with Crippen LogP contribution in [0.5, 0.6) is 0 Å². The molecule has 180 valence electrons. The van der Waals surface area contributed by atoms with Crippen molar-refractivity contribution in [1.82, 2.24) is 0 Å². The van der Waals surface area contributed by atoms with E-state index in [-0.39, 0.29) is 5.97 Å². The van der Waals surface area contributed by atoms with Gasteiger partial charge in [-0.05, 0) is 19.3 Å². The molecule has 0 aromatic carbocycles. The van der Waals surface area contributed by atoms with Crippen LogP contribution in [0.1, 0.15) is 162 Å². The zero-order valence-corrected chi connectivity index (χ0v) is 21.3. The second-order valence-corrected chi connectivity index (χ2v) is 9.64. The smallest absolute Gasteiger partial charge is 0.307 e. The van der Waals surface area contributed by atoms with Crippen LogP contribution in [0.15, 0.2) is 0 Å². The molecule has 0 N–H and O–H groups in total. The summed E-state index contributed by atoms with van der Waals surface area (Å²) < 4.78 is 5.22. The molecule has 0 aromatic rings. The van der Waals surface area contributed by atoms with Crippen molar-refractivity contribution in [3.8, 4) is 0 Å². The molecule has 1 unspecified atom stereocenters. The van der Waals surface area contributed by atoms with Crippen LogP contribution in [0.4, 0.5) is 0 Å². The third-order valence-corrected chi connectivity index (χ3v) is 6.34. The summed E-state index contributed by atoms with van der Waals surface area (Å²) in [6.45, 7) is 4.40. The van der Waals surface area contributed by atoms with Crippen LogP contribution in [0, 0.1) is 0 Å². The van der Waals surface area contributed by atoms with Gasteiger partial charge in [0.1, 0.15) is 0 Å². The first-order valence-corrected chi connectivity index (χ1v) is 14.0. The number of hydrogen-bond acceptors (Lipinski definition) is 2. The maximum absolute atomic E-state index is 11.7. The Morgan fingerprint density at radius 1 is 0.567 bits per heavy atom. The lowest BCUT2D eigenvalue weighted by atomic mass is 10.0. The van der Waals surface area contributed by atoms with Gasteiger partial charge in [0.25, 0.3) is 0 Å². The topological polar surface area (TPSA) is 26.3 Å². The molecule has 0 radical (unpaired) electrons. The molecule has 3 heteroatoms. The molecule has 2 nitrogen and oxygen atoms in total. The maximum Gasteiger partial charge on any atom is 0.307 e. The molecule has 0 aliphatic carbocycles. The lowest BCUT2D eigenvalue weighted by Crippen LogP contribution is -2.12. The molecule has 0 saturated heterocycles. The van der Waals surface area contributed by atoms with E-state index in [1.54, 1.807) is 0 Å². The maximum atomic E-state index is 11.7. The van der Waals surface area contributed by atoms with Crippen molar-refractivity contribution in [2.75, 3.05) is 0 Å². The number of halogens is 1. The minimum atomic E-state index is -0.433. The molecule has 0 aromatic heterocycles. The van der Waals surface area contributed by atoms with Gasteiger partial charge in [0.2, 0.25) is 0 Å². The van der Waals surface area contributed by atoms with Gasteiger partial charge in [0, 0.05) is 6.42 Å². The average Bonchev–Trinajstić information content (AvgIpc) is 2.73. The molecule has 0 spiro atoms. The van der Waals surface area contributed by atoms with Gasteiger partial charge in [0.15, 0.2) is 5.56 Å². The molecule has 30 heavy (non-hydrogen) atoms. The lowest BCUT2D eigenvalue weighted by Gasteiger charge is -2.10. The van der Waals surface area contributed by atoms with E-state index >= 15 is 0 Å². The molecule has 0 amide bonds. The number of unbranched alkanes of at least 4 members (excludes halogenated alkanes) is 19. The number of esters is 1. The number of rotatable bonds is 24. The van der Waals surface area contributed by atoms with E-state index in [0.717, 1.165) is 32.1 Å². The van der Waals surface area contributed by atoms with Gasteiger partial charge in [-0.1, -0.05) is 147 Å². The molecule has 0 heterocycles. The van der Waals surface area contributed by atoms with Crippen LogP contribution in [0.2, 0.25) is 0 Å². The molecule has 0 fully saturated rings. The number of ether oxygens (including phenoxy) is 1. The first-order chi connectivity index (χ1) is 14.7. The SMILES string of the molecule is CCCCCCCCCCCCCCCCCCCCCC(=O)OC(Cl)CCCC. The van der Waals surface area contributed by atoms with Gasteiger partial charge >= 0.3 is 5.97 Å². The largest absolute Gasteiger partial charge is 0.446 e. The number of carbonyl (C=O) groups is 1. The molecule has 1 atom stereocenters. The highest BCUT2D eigenvalue weighted by atomic mass is 35.5. The monoisotopic (exact) mass is 444 g/mol. The van der Waals surface area contributed by atoms with E-state index in [9.17, 15) is 4.79 Å². The Hall–Kier alpha value is -0.240. The Labute approximate surface area is 194 Å². The van der Waals surface area contributed by atoms with E-state index in [2.05, 4.69) is 13.8 Å². The highest BCUT2D eigenvalue weighted by Crippen LogP contribution is 2.15. The first-order valence-electron chi connectivity index (χ1n) is 13.5. The quantitative estimate of drug-likeness (QED) is 0.0840. The fourth-order valence-electron chi connectivity index (χ4n) is 3.97. The zero-order valence-electron chi connectivity index (χ0n) is 20.5. The van der Waals surface area contributed by atoms with Crippen molar-refractivity contribution in [3.05, 3.63) is 0 Å². The number of carbonyl (C=O) groups excluding carboxylic acids is 1. The number of alkyl halides is 1. The molecular weight excluding hydrogens is 392 g/mol. The molecule has 0 bridgehead atoms. The van der Waals surface area contributed by atoms with Gasteiger partial charge in [0.05, 0.1) is 0 Å². The highest BCUT2D eigenvalue weighted by molar-refractivity contribution is 6.20. The minimum absolute atomic E-state index is 0.127. The second-order valence-electron chi connectivity index (χ2n) is 9.16. The zero-order chi connectivity index (χ0) is 22.1. The third kappa shape index (κ3) is 24.0. The summed E-state index contributed by atoms with van der Waals surface area (Å²) in [6, 6.07) is 0. The summed E-state index contributed by atoms with van der Waals surface area (Å²) in [6.07, 6.45) is 29.4. The van der Waals surface area contributed by atoms with Crippen LogP contribution in [0.25, 0.3) is 0 Å². The summed E-state index contributed by atoms with van der Waals surface area (Å²) in [7, 11) is 0. The van der Waals surface area contributed by atoms with Crippen molar-refractivity contribution in [1.29, 1.82) is 0 Å². The van der Waals surface area contributed by atoms with Crippen LogP contribution >= 0.6 is 11.6 Å². The summed E-state index contributed by atoms with van der Waals surface area (Å²) in [5, 5.41) is 0. The van der Waals surface area contributed by atoms with E-state index in [1.165, 1.54) is 109 Å². The van der Waals surface area contributed by atoms with Crippen LogP contribution in [-0.4, -0.2) is 11.5 Å². The lowest BCUT2D eigenvalue weighted by molar-refractivity contribution is -0.145. The van der Waals surface area contributed by atoms with Crippen molar-refractivity contribution in [2.45, 2.75) is 167 Å².